The van der Waals surface area contributed by atoms with Crippen molar-refractivity contribution in [2.24, 2.45) is 17.8 Å². The van der Waals surface area contributed by atoms with Crippen LogP contribution in [-0.2, 0) is 19.2 Å². The molecule has 0 spiro atoms. The molecule has 5 unspecified atom stereocenters. The van der Waals surface area contributed by atoms with E-state index in [4.69, 9.17) is 9.57 Å². The van der Waals surface area contributed by atoms with E-state index in [1.54, 1.807) is 7.11 Å². The first kappa shape index (κ1) is 26.8. The minimum atomic E-state index is -0.129. The molecule has 200 valence electrons. The lowest BCUT2D eigenvalue weighted by molar-refractivity contribution is -0.134. The Kier molecular flexibility index (Phi) is 9.77. The van der Waals surface area contributed by atoms with Gasteiger partial charge < -0.3 is 14.5 Å². The van der Waals surface area contributed by atoms with Gasteiger partial charge >= 0.3 is 0 Å². The second-order valence-corrected chi connectivity index (χ2v) is 11.1. The Balaban J connectivity index is 1.11. The average molecular weight is 495 g/mol. The van der Waals surface area contributed by atoms with E-state index in [-0.39, 0.29) is 36.2 Å². The maximum atomic E-state index is 12.7. The first-order valence-electron chi connectivity index (χ1n) is 13.6. The molecule has 5 atom stereocenters. The van der Waals surface area contributed by atoms with Crippen LogP contribution < -0.4 is 21.6 Å². The van der Waals surface area contributed by atoms with Crippen LogP contribution in [0, 0.1) is 17.8 Å². The van der Waals surface area contributed by atoms with Crippen LogP contribution in [0.5, 0.6) is 0 Å². The molecular weight excluding hydrogens is 448 g/mol. The molecule has 0 aromatic carbocycles. The van der Waals surface area contributed by atoms with Crippen LogP contribution in [0.4, 0.5) is 0 Å². The van der Waals surface area contributed by atoms with Crippen molar-refractivity contribution in [3.05, 3.63) is 0 Å². The summed E-state index contributed by atoms with van der Waals surface area (Å²) in [5.74, 6) is 1.39. The van der Waals surface area contributed by atoms with Crippen molar-refractivity contribution in [2.75, 3.05) is 40.8 Å². The lowest BCUT2D eigenvalue weighted by Gasteiger charge is -2.42. The molecule has 2 saturated heterocycles. The van der Waals surface area contributed by atoms with Gasteiger partial charge in [0.25, 0.3) is 0 Å². The number of nitrogens with one attached hydrogen (secondary N) is 4. The summed E-state index contributed by atoms with van der Waals surface area (Å²) in [4.78, 5) is 34.7. The van der Waals surface area contributed by atoms with Crippen molar-refractivity contribution >= 4 is 11.8 Å². The molecule has 2 heterocycles. The maximum absolute atomic E-state index is 12.7. The molecule has 4 aliphatic rings. The quantitative estimate of drug-likeness (QED) is 0.356. The standard InChI is InChI=1S/C25H46N6O4/c1-30(16-21-19-6-4-5-7-20(19)25(33)28-27-21)14-15-31(2)23(32)13-12-22-26-24(29-35-22)17-8-10-18(34-3)11-9-17/h17-22,24,26-27,29H,4-16H2,1-3H3,(H,28,33). The number of hydrazine groups is 1. The van der Waals surface area contributed by atoms with Gasteiger partial charge in [0.1, 0.15) is 6.23 Å². The number of fused-ring (bicyclic) bond motifs is 1. The van der Waals surface area contributed by atoms with Gasteiger partial charge in [-0.3, -0.25) is 25.2 Å². The van der Waals surface area contributed by atoms with E-state index in [0.29, 0.717) is 37.3 Å². The van der Waals surface area contributed by atoms with Gasteiger partial charge in [-0.15, -0.1) is 0 Å². The molecule has 2 saturated carbocycles. The van der Waals surface area contributed by atoms with Gasteiger partial charge in [-0.2, -0.15) is 5.48 Å². The highest BCUT2D eigenvalue weighted by molar-refractivity contribution is 5.79. The summed E-state index contributed by atoms with van der Waals surface area (Å²) < 4.78 is 5.47. The highest BCUT2D eigenvalue weighted by Crippen LogP contribution is 2.34. The Bertz CT molecular complexity index is 703. The van der Waals surface area contributed by atoms with E-state index in [1.165, 1.54) is 6.42 Å². The van der Waals surface area contributed by atoms with Gasteiger partial charge in [-0.1, -0.05) is 12.8 Å². The zero-order valence-corrected chi connectivity index (χ0v) is 21.8. The summed E-state index contributed by atoms with van der Waals surface area (Å²) in [6.07, 6.45) is 10.4. The smallest absolute Gasteiger partial charge is 0.237 e. The molecule has 2 aliphatic carbocycles. The molecule has 4 rings (SSSR count). The third-order valence-corrected chi connectivity index (χ3v) is 8.65. The Morgan fingerprint density at radius 1 is 1.09 bits per heavy atom. The first-order valence-corrected chi connectivity index (χ1v) is 13.6. The number of hydrogen-bond acceptors (Lipinski definition) is 8. The van der Waals surface area contributed by atoms with E-state index in [9.17, 15) is 9.59 Å². The number of hydrogen-bond donors (Lipinski definition) is 4. The zero-order valence-electron chi connectivity index (χ0n) is 21.8. The van der Waals surface area contributed by atoms with Crippen LogP contribution in [0.3, 0.4) is 0 Å². The molecular formula is C25H46N6O4. The Hall–Kier alpha value is -1.30. The van der Waals surface area contributed by atoms with Gasteiger partial charge in [-0.25, -0.2) is 5.43 Å². The number of carbonyl (C=O) groups excluding carboxylic acids is 2. The molecule has 2 aliphatic heterocycles. The van der Waals surface area contributed by atoms with Gasteiger partial charge in [0.2, 0.25) is 11.8 Å². The summed E-state index contributed by atoms with van der Waals surface area (Å²) in [7, 11) is 5.77. The summed E-state index contributed by atoms with van der Waals surface area (Å²) >= 11 is 0. The van der Waals surface area contributed by atoms with Crippen LogP contribution >= 0.6 is 0 Å². The van der Waals surface area contributed by atoms with Crippen molar-refractivity contribution in [3.63, 3.8) is 0 Å². The molecule has 2 amide bonds. The van der Waals surface area contributed by atoms with Gasteiger partial charge in [0, 0.05) is 52.2 Å². The molecule has 0 aromatic heterocycles. The molecule has 10 heteroatoms. The fourth-order valence-corrected chi connectivity index (χ4v) is 6.29. The van der Waals surface area contributed by atoms with E-state index in [2.05, 4.69) is 33.6 Å². The van der Waals surface area contributed by atoms with Crippen molar-refractivity contribution in [3.8, 4) is 0 Å². The van der Waals surface area contributed by atoms with Crippen LogP contribution in [0.15, 0.2) is 0 Å². The Labute approximate surface area is 210 Å². The van der Waals surface area contributed by atoms with Gasteiger partial charge in [0.05, 0.1) is 12.3 Å². The molecule has 0 radical (unpaired) electrons. The monoisotopic (exact) mass is 494 g/mol. The van der Waals surface area contributed by atoms with Crippen molar-refractivity contribution in [1.29, 1.82) is 0 Å². The minimum Gasteiger partial charge on any atom is -0.381 e. The predicted molar refractivity (Wildman–Crippen MR) is 133 cm³/mol. The molecule has 0 bridgehead atoms. The number of rotatable bonds is 10. The third-order valence-electron chi connectivity index (χ3n) is 8.65. The summed E-state index contributed by atoms with van der Waals surface area (Å²) in [5.41, 5.74) is 9.27. The first-order chi connectivity index (χ1) is 16.9. The second-order valence-electron chi connectivity index (χ2n) is 11.1. The lowest BCUT2D eigenvalue weighted by atomic mass is 9.74. The topological polar surface area (TPSA) is 107 Å². The maximum Gasteiger partial charge on any atom is 0.237 e. The Morgan fingerprint density at radius 3 is 2.63 bits per heavy atom. The number of hydroxylamine groups is 1. The van der Waals surface area contributed by atoms with Crippen LogP contribution in [0.1, 0.15) is 64.2 Å². The normalized spacial score (nSPS) is 35.5. The SMILES string of the molecule is COC1CCC(C2NOC(CCC(=O)N(C)CCN(C)CC3NNC(=O)C4CCCCC34)N2)CC1. The van der Waals surface area contributed by atoms with E-state index in [0.717, 1.165) is 58.0 Å². The number of nitrogens with zero attached hydrogens (tertiary/aromatic N) is 2. The van der Waals surface area contributed by atoms with Crippen LogP contribution in [-0.4, -0.2) is 87.0 Å². The summed E-state index contributed by atoms with van der Waals surface area (Å²) in [6, 6.07) is 0.264. The predicted octanol–water partition coefficient (Wildman–Crippen LogP) is 0.948. The van der Waals surface area contributed by atoms with E-state index < -0.39 is 0 Å². The van der Waals surface area contributed by atoms with Crippen LogP contribution in [0.25, 0.3) is 0 Å². The lowest BCUT2D eigenvalue weighted by Crippen LogP contribution is -2.62. The number of ether oxygens (including phenoxy) is 1. The number of carbonyl (C=O) groups is 2. The fourth-order valence-electron chi connectivity index (χ4n) is 6.29. The number of likely N-dealkylation sites (N-methyl/N-ethyl adjacent to an activating group) is 2. The number of amides is 2. The molecule has 35 heavy (non-hydrogen) atoms. The van der Waals surface area contributed by atoms with Crippen LogP contribution in [0.2, 0.25) is 0 Å². The summed E-state index contributed by atoms with van der Waals surface area (Å²) in [5, 5.41) is 3.52. The second kappa shape index (κ2) is 12.8. The molecule has 0 aromatic rings. The van der Waals surface area contributed by atoms with E-state index in [1.807, 2.05) is 11.9 Å². The highest BCUT2D eigenvalue weighted by atomic mass is 16.7. The van der Waals surface area contributed by atoms with Crippen molar-refractivity contribution in [2.45, 2.75) is 88.7 Å². The molecule has 10 nitrogen and oxygen atoms in total. The zero-order chi connectivity index (χ0) is 24.8. The third kappa shape index (κ3) is 7.14. The highest BCUT2D eigenvalue weighted by Gasteiger charge is 2.40. The fraction of sp³-hybridized carbons (Fsp3) is 0.920. The van der Waals surface area contributed by atoms with Crippen molar-refractivity contribution in [1.82, 2.24) is 31.4 Å². The summed E-state index contributed by atoms with van der Waals surface area (Å²) in [6.45, 7) is 2.35. The van der Waals surface area contributed by atoms with Gasteiger partial charge in [-0.05, 0) is 63.8 Å². The van der Waals surface area contributed by atoms with Crippen molar-refractivity contribution < 1.29 is 19.2 Å². The largest absolute Gasteiger partial charge is 0.381 e. The molecule has 4 N–H and O–H groups in total. The molecule has 4 fully saturated rings. The Morgan fingerprint density at radius 2 is 1.86 bits per heavy atom. The van der Waals surface area contributed by atoms with E-state index >= 15 is 0 Å². The average Bonchev–Trinajstić information content (AvgIpc) is 3.37. The number of methoxy groups -OCH3 is 1. The minimum absolute atomic E-state index is 0.129. The van der Waals surface area contributed by atoms with Gasteiger partial charge in [0.15, 0.2) is 0 Å².